The minimum Gasteiger partial charge on any atom is -0.368 e. The third kappa shape index (κ3) is 3.95. The van der Waals surface area contributed by atoms with Crippen LogP contribution < -0.4 is 0 Å². The number of nitrogens with zero attached hydrogens (tertiary/aromatic N) is 1. The van der Waals surface area contributed by atoms with Crippen molar-refractivity contribution in [2.75, 3.05) is 18.4 Å². The van der Waals surface area contributed by atoms with E-state index in [9.17, 15) is 4.79 Å². The van der Waals surface area contributed by atoms with Crippen LogP contribution in [0.25, 0.3) is 0 Å². The van der Waals surface area contributed by atoms with Crippen LogP contribution in [0.5, 0.6) is 0 Å². The van der Waals surface area contributed by atoms with E-state index in [2.05, 4.69) is 29.8 Å². The van der Waals surface area contributed by atoms with Crippen LogP contribution >= 0.6 is 15.9 Å². The predicted octanol–water partition coefficient (Wildman–Crippen LogP) is 2.68. The Labute approximate surface area is 113 Å². The summed E-state index contributed by atoms with van der Waals surface area (Å²) in [6.45, 7) is 11.7. The first-order valence-corrected chi connectivity index (χ1v) is 7.41. The number of carbonyl (C=O) groups is 1. The number of rotatable bonds is 3. The minimum absolute atomic E-state index is 0.0832. The Balaban J connectivity index is 2.73. The lowest BCUT2D eigenvalue weighted by molar-refractivity contribution is -0.161. The van der Waals surface area contributed by atoms with E-state index in [-0.39, 0.29) is 23.5 Å². The van der Waals surface area contributed by atoms with Crippen molar-refractivity contribution in [3.05, 3.63) is 0 Å². The van der Waals surface area contributed by atoms with Crippen LogP contribution in [0.1, 0.15) is 34.6 Å². The van der Waals surface area contributed by atoms with Gasteiger partial charge in [-0.3, -0.25) is 4.79 Å². The van der Waals surface area contributed by atoms with Gasteiger partial charge in [0.2, 0.25) is 5.91 Å². The third-order valence-electron chi connectivity index (χ3n) is 3.35. The lowest BCUT2D eigenvalue weighted by atomic mass is 9.95. The summed E-state index contributed by atoms with van der Waals surface area (Å²) in [7, 11) is 0. The number of hydrogen-bond acceptors (Lipinski definition) is 2. The number of halogens is 1. The van der Waals surface area contributed by atoms with Gasteiger partial charge in [-0.05, 0) is 19.8 Å². The van der Waals surface area contributed by atoms with Crippen LogP contribution in [-0.4, -0.2) is 40.9 Å². The van der Waals surface area contributed by atoms with E-state index >= 15 is 0 Å². The quantitative estimate of drug-likeness (QED) is 0.750. The largest absolute Gasteiger partial charge is 0.368 e. The van der Waals surface area contributed by atoms with Gasteiger partial charge in [-0.15, -0.1) is 0 Å². The second-order valence-electron chi connectivity index (χ2n) is 5.91. The monoisotopic (exact) mass is 305 g/mol. The summed E-state index contributed by atoms with van der Waals surface area (Å²) in [5.41, 5.74) is -0.247. The number of ether oxygens (including phenoxy) is 1. The Bertz CT molecular complexity index is 279. The van der Waals surface area contributed by atoms with Crippen LogP contribution in [0, 0.1) is 11.8 Å². The lowest BCUT2D eigenvalue weighted by Crippen LogP contribution is -2.56. The molecule has 3 nitrogen and oxygen atoms in total. The average Bonchev–Trinajstić information content (AvgIpc) is 2.24. The number of morpholine rings is 1. The molecule has 1 heterocycles. The Morgan fingerprint density at radius 3 is 2.53 bits per heavy atom. The number of carbonyl (C=O) groups excluding carboxylic acids is 1. The van der Waals surface area contributed by atoms with Gasteiger partial charge in [-0.2, -0.15) is 0 Å². The Kier molecular flexibility index (Phi) is 5.02. The van der Waals surface area contributed by atoms with E-state index in [0.29, 0.717) is 19.0 Å². The van der Waals surface area contributed by atoms with Gasteiger partial charge in [0.05, 0.1) is 11.7 Å². The van der Waals surface area contributed by atoms with Crippen molar-refractivity contribution in [2.45, 2.75) is 46.3 Å². The predicted molar refractivity (Wildman–Crippen MR) is 73.3 cm³/mol. The van der Waals surface area contributed by atoms with Crippen molar-refractivity contribution < 1.29 is 9.53 Å². The molecule has 1 aliphatic rings. The second-order valence-corrected chi connectivity index (χ2v) is 6.55. The van der Waals surface area contributed by atoms with Gasteiger partial charge in [-0.1, -0.05) is 36.7 Å². The van der Waals surface area contributed by atoms with E-state index in [1.54, 1.807) is 0 Å². The summed E-state index contributed by atoms with van der Waals surface area (Å²) < 4.78 is 5.90. The van der Waals surface area contributed by atoms with Crippen LogP contribution in [0.2, 0.25) is 0 Å². The summed E-state index contributed by atoms with van der Waals surface area (Å²) in [5.74, 6) is 0.720. The topological polar surface area (TPSA) is 29.5 Å². The highest BCUT2D eigenvalue weighted by Crippen LogP contribution is 2.24. The molecule has 1 aliphatic heterocycles. The Morgan fingerprint density at radius 1 is 1.47 bits per heavy atom. The molecule has 4 heteroatoms. The molecule has 1 fully saturated rings. The highest BCUT2D eigenvalue weighted by molar-refractivity contribution is 9.09. The zero-order valence-electron chi connectivity index (χ0n) is 11.5. The molecule has 1 amide bonds. The molecule has 17 heavy (non-hydrogen) atoms. The maximum Gasteiger partial charge on any atom is 0.225 e. The van der Waals surface area contributed by atoms with Gasteiger partial charge >= 0.3 is 0 Å². The molecule has 2 atom stereocenters. The van der Waals surface area contributed by atoms with Gasteiger partial charge in [-0.25, -0.2) is 0 Å². The molecule has 0 aromatic heterocycles. The molecule has 0 spiro atoms. The normalized spacial score (nSPS) is 26.1. The number of alkyl halides is 1. The van der Waals surface area contributed by atoms with Crippen LogP contribution in [0.3, 0.4) is 0 Å². The summed E-state index contributed by atoms with van der Waals surface area (Å²) in [6.07, 6.45) is 0.0991. The van der Waals surface area contributed by atoms with E-state index in [0.717, 1.165) is 5.33 Å². The molecule has 100 valence electrons. The SMILES string of the molecule is CC(C)C(C)C(=O)N1CC(CBr)OC(C)(C)C1. The minimum atomic E-state index is -0.247. The van der Waals surface area contributed by atoms with Crippen molar-refractivity contribution in [2.24, 2.45) is 11.8 Å². The molecular formula is C13H24BrNO2. The summed E-state index contributed by atoms with van der Waals surface area (Å²) in [4.78, 5) is 14.3. The molecule has 0 aromatic rings. The van der Waals surface area contributed by atoms with Crippen molar-refractivity contribution >= 4 is 21.8 Å². The second kappa shape index (κ2) is 5.70. The van der Waals surface area contributed by atoms with Crippen molar-refractivity contribution in [3.63, 3.8) is 0 Å². The lowest BCUT2D eigenvalue weighted by Gasteiger charge is -2.43. The molecule has 1 rings (SSSR count). The molecule has 0 aromatic carbocycles. The van der Waals surface area contributed by atoms with E-state index in [1.807, 2.05) is 25.7 Å². The molecule has 0 saturated carbocycles. The third-order valence-corrected chi connectivity index (χ3v) is 4.08. The molecule has 1 saturated heterocycles. The maximum absolute atomic E-state index is 12.3. The van der Waals surface area contributed by atoms with Gasteiger partial charge in [0, 0.05) is 24.3 Å². The Hall–Kier alpha value is -0.0900. The number of hydrogen-bond donors (Lipinski definition) is 0. The van der Waals surface area contributed by atoms with E-state index in [4.69, 9.17) is 4.74 Å². The fraction of sp³-hybridized carbons (Fsp3) is 0.923. The number of amides is 1. The molecule has 0 N–H and O–H groups in total. The van der Waals surface area contributed by atoms with Gasteiger partial charge in [0.25, 0.3) is 0 Å². The van der Waals surface area contributed by atoms with E-state index in [1.165, 1.54) is 0 Å². The first-order chi connectivity index (χ1) is 7.76. The highest BCUT2D eigenvalue weighted by Gasteiger charge is 2.36. The fourth-order valence-electron chi connectivity index (χ4n) is 2.12. The van der Waals surface area contributed by atoms with Gasteiger partial charge < -0.3 is 9.64 Å². The summed E-state index contributed by atoms with van der Waals surface area (Å²) in [6, 6.07) is 0. The van der Waals surface area contributed by atoms with Crippen LogP contribution in [-0.2, 0) is 9.53 Å². The highest BCUT2D eigenvalue weighted by atomic mass is 79.9. The molecular weight excluding hydrogens is 282 g/mol. The zero-order valence-corrected chi connectivity index (χ0v) is 13.1. The van der Waals surface area contributed by atoms with Crippen molar-refractivity contribution in [1.82, 2.24) is 4.90 Å². The molecule has 2 unspecified atom stereocenters. The van der Waals surface area contributed by atoms with Crippen LogP contribution in [0.4, 0.5) is 0 Å². The summed E-state index contributed by atoms with van der Waals surface area (Å²) >= 11 is 3.44. The fourth-order valence-corrected chi connectivity index (χ4v) is 2.45. The smallest absolute Gasteiger partial charge is 0.225 e. The first-order valence-electron chi connectivity index (χ1n) is 6.29. The first kappa shape index (κ1) is 15.0. The van der Waals surface area contributed by atoms with Crippen LogP contribution in [0.15, 0.2) is 0 Å². The summed E-state index contributed by atoms with van der Waals surface area (Å²) in [5, 5.41) is 0.774. The maximum atomic E-state index is 12.3. The average molecular weight is 306 g/mol. The Morgan fingerprint density at radius 2 is 2.06 bits per heavy atom. The van der Waals surface area contributed by atoms with Crippen molar-refractivity contribution in [1.29, 1.82) is 0 Å². The molecule has 0 radical (unpaired) electrons. The van der Waals surface area contributed by atoms with Gasteiger partial charge in [0.15, 0.2) is 0 Å². The molecule has 0 aliphatic carbocycles. The zero-order chi connectivity index (χ0) is 13.2. The van der Waals surface area contributed by atoms with E-state index < -0.39 is 0 Å². The van der Waals surface area contributed by atoms with Gasteiger partial charge in [0.1, 0.15) is 0 Å². The molecule has 0 bridgehead atoms. The van der Waals surface area contributed by atoms with Crippen molar-refractivity contribution in [3.8, 4) is 0 Å². The standard InChI is InChI=1S/C13H24BrNO2/c1-9(2)10(3)12(16)15-7-11(6-14)17-13(4,5)8-15/h9-11H,6-8H2,1-5H3.